The first-order valence-corrected chi connectivity index (χ1v) is 6.30. The zero-order valence-corrected chi connectivity index (χ0v) is 10.5. The Bertz CT molecular complexity index is 409. The average Bonchev–Trinajstić information content (AvgIpc) is 2.60. The number of amidine groups is 1. The van der Waals surface area contributed by atoms with Gasteiger partial charge >= 0.3 is 0 Å². The van der Waals surface area contributed by atoms with Crippen molar-refractivity contribution < 1.29 is 0 Å². The molecule has 3 nitrogen and oxygen atoms in total. The monoisotopic (exact) mass is 249 g/mol. The van der Waals surface area contributed by atoms with E-state index in [4.69, 9.17) is 11.6 Å². The summed E-state index contributed by atoms with van der Waals surface area (Å²) >= 11 is 5.81. The normalized spacial score (nSPS) is 16.6. The molecule has 0 fully saturated rings. The lowest BCUT2D eigenvalue weighted by Gasteiger charge is -2.01. The van der Waals surface area contributed by atoms with Crippen molar-refractivity contribution in [2.75, 3.05) is 6.54 Å². The molecule has 0 spiro atoms. The third kappa shape index (κ3) is 4.19. The van der Waals surface area contributed by atoms with E-state index in [1.54, 1.807) is 6.21 Å². The maximum absolute atomic E-state index is 5.81. The summed E-state index contributed by atoms with van der Waals surface area (Å²) in [6.45, 7) is 0.915. The average molecular weight is 250 g/mol. The van der Waals surface area contributed by atoms with Crippen LogP contribution in [0.15, 0.2) is 34.4 Å². The second-order valence-corrected chi connectivity index (χ2v) is 4.50. The van der Waals surface area contributed by atoms with Crippen molar-refractivity contribution in [3.05, 3.63) is 34.9 Å². The molecule has 0 atom stereocenters. The van der Waals surface area contributed by atoms with Crippen LogP contribution in [0.3, 0.4) is 0 Å². The van der Waals surface area contributed by atoms with Crippen molar-refractivity contribution in [2.24, 2.45) is 10.1 Å². The van der Waals surface area contributed by atoms with Gasteiger partial charge in [0.2, 0.25) is 0 Å². The number of hydrazone groups is 1. The summed E-state index contributed by atoms with van der Waals surface area (Å²) in [5.41, 5.74) is 4.04. The quantitative estimate of drug-likeness (QED) is 0.634. The minimum absolute atomic E-state index is 0.739. The zero-order chi connectivity index (χ0) is 11.9. The molecule has 2 rings (SSSR count). The van der Waals surface area contributed by atoms with Gasteiger partial charge in [0.05, 0.1) is 6.21 Å². The molecule has 0 amide bonds. The van der Waals surface area contributed by atoms with Gasteiger partial charge in [-0.3, -0.25) is 10.4 Å². The van der Waals surface area contributed by atoms with Gasteiger partial charge in [0.15, 0.2) is 0 Å². The van der Waals surface area contributed by atoms with Crippen molar-refractivity contribution in [2.45, 2.75) is 25.7 Å². The Kier molecular flexibility index (Phi) is 4.56. The Morgan fingerprint density at radius 2 is 2.00 bits per heavy atom. The Labute approximate surface area is 107 Å². The van der Waals surface area contributed by atoms with Crippen molar-refractivity contribution in [1.82, 2.24) is 5.43 Å². The molecule has 0 saturated carbocycles. The molecule has 1 aliphatic rings. The third-order valence-corrected chi connectivity index (χ3v) is 2.90. The van der Waals surface area contributed by atoms with Crippen LogP contribution in [0.25, 0.3) is 0 Å². The van der Waals surface area contributed by atoms with Gasteiger partial charge in [-0.05, 0) is 30.5 Å². The summed E-state index contributed by atoms with van der Waals surface area (Å²) < 4.78 is 0. The number of rotatable bonds is 2. The van der Waals surface area contributed by atoms with Gasteiger partial charge in [-0.1, -0.05) is 30.2 Å². The summed E-state index contributed by atoms with van der Waals surface area (Å²) in [5.74, 6) is 0.993. The van der Waals surface area contributed by atoms with Crippen LogP contribution in [0.1, 0.15) is 31.2 Å². The molecule has 0 radical (unpaired) electrons. The molecule has 1 heterocycles. The van der Waals surface area contributed by atoms with E-state index in [1.807, 2.05) is 24.3 Å². The second-order valence-electron chi connectivity index (χ2n) is 4.06. The summed E-state index contributed by atoms with van der Waals surface area (Å²) in [6.07, 6.45) is 6.42. The van der Waals surface area contributed by atoms with E-state index >= 15 is 0 Å². The highest BCUT2D eigenvalue weighted by atomic mass is 35.5. The highest BCUT2D eigenvalue weighted by Gasteiger charge is 2.01. The standard InChI is InChI=1S/C13H16ClN3/c14-12-7-5-11(6-8-12)10-16-17-13-4-2-1-3-9-15-13/h5-8,10H,1-4,9H2,(H,15,17). The van der Waals surface area contributed by atoms with Crippen LogP contribution in [0.5, 0.6) is 0 Å². The van der Waals surface area contributed by atoms with E-state index in [-0.39, 0.29) is 0 Å². The molecule has 1 aromatic carbocycles. The molecule has 0 aliphatic carbocycles. The SMILES string of the molecule is Clc1ccc(C=NNC2=NCCCCC2)cc1. The zero-order valence-electron chi connectivity index (χ0n) is 9.69. The lowest BCUT2D eigenvalue weighted by atomic mass is 10.2. The van der Waals surface area contributed by atoms with Crippen LogP contribution in [-0.2, 0) is 0 Å². The Hall–Kier alpha value is -1.35. The van der Waals surface area contributed by atoms with E-state index < -0.39 is 0 Å². The summed E-state index contributed by atoms with van der Waals surface area (Å²) in [4.78, 5) is 4.44. The fraction of sp³-hybridized carbons (Fsp3) is 0.385. The first kappa shape index (κ1) is 12.1. The van der Waals surface area contributed by atoms with Crippen LogP contribution in [0, 0.1) is 0 Å². The molecule has 17 heavy (non-hydrogen) atoms. The highest BCUT2D eigenvalue weighted by molar-refractivity contribution is 6.30. The largest absolute Gasteiger partial charge is 0.271 e. The minimum atomic E-state index is 0.739. The summed E-state index contributed by atoms with van der Waals surface area (Å²) in [6, 6.07) is 7.57. The number of hydrogen-bond acceptors (Lipinski definition) is 3. The van der Waals surface area contributed by atoms with Gasteiger partial charge < -0.3 is 0 Å². The Balaban J connectivity index is 1.88. The number of aliphatic imine (C=N–C) groups is 1. The second kappa shape index (κ2) is 6.40. The molecule has 0 unspecified atom stereocenters. The van der Waals surface area contributed by atoms with Crippen molar-refractivity contribution in [3.63, 3.8) is 0 Å². The van der Waals surface area contributed by atoms with E-state index in [9.17, 15) is 0 Å². The smallest absolute Gasteiger partial charge is 0.117 e. The maximum Gasteiger partial charge on any atom is 0.117 e. The molecule has 1 aliphatic heterocycles. The lowest BCUT2D eigenvalue weighted by molar-refractivity contribution is 0.729. The Morgan fingerprint density at radius 3 is 2.82 bits per heavy atom. The molecule has 1 N–H and O–H groups in total. The number of benzene rings is 1. The molecule has 90 valence electrons. The first-order valence-electron chi connectivity index (χ1n) is 5.92. The summed E-state index contributed by atoms with van der Waals surface area (Å²) in [5, 5.41) is 4.93. The lowest BCUT2D eigenvalue weighted by Crippen LogP contribution is -2.17. The van der Waals surface area contributed by atoms with Gasteiger partial charge in [0, 0.05) is 18.0 Å². The molecule has 4 heteroatoms. The maximum atomic E-state index is 5.81. The van der Waals surface area contributed by atoms with Crippen molar-refractivity contribution >= 4 is 23.7 Å². The first-order chi connectivity index (χ1) is 8.34. The molecule has 0 aromatic heterocycles. The van der Waals surface area contributed by atoms with Crippen molar-refractivity contribution in [1.29, 1.82) is 0 Å². The van der Waals surface area contributed by atoms with E-state index in [0.29, 0.717) is 0 Å². The molecular weight excluding hydrogens is 234 g/mol. The molecular formula is C13H16ClN3. The van der Waals surface area contributed by atoms with E-state index in [2.05, 4.69) is 15.5 Å². The predicted molar refractivity (Wildman–Crippen MR) is 73.0 cm³/mol. The molecule has 0 saturated heterocycles. The van der Waals surface area contributed by atoms with Crippen molar-refractivity contribution in [3.8, 4) is 0 Å². The van der Waals surface area contributed by atoms with Crippen LogP contribution in [0.2, 0.25) is 5.02 Å². The van der Waals surface area contributed by atoms with Gasteiger partial charge in [-0.25, -0.2) is 0 Å². The number of nitrogens with one attached hydrogen (secondary N) is 1. The van der Waals surface area contributed by atoms with Crippen LogP contribution >= 0.6 is 11.6 Å². The van der Waals surface area contributed by atoms with Crippen LogP contribution in [-0.4, -0.2) is 18.6 Å². The number of hydrogen-bond donors (Lipinski definition) is 1. The highest BCUT2D eigenvalue weighted by Crippen LogP contribution is 2.08. The van der Waals surface area contributed by atoms with Gasteiger partial charge in [-0.2, -0.15) is 5.10 Å². The fourth-order valence-corrected chi connectivity index (χ4v) is 1.82. The summed E-state index contributed by atoms with van der Waals surface area (Å²) in [7, 11) is 0. The minimum Gasteiger partial charge on any atom is -0.271 e. The van der Waals surface area contributed by atoms with E-state index in [0.717, 1.165) is 29.4 Å². The van der Waals surface area contributed by atoms with Crippen LogP contribution in [0.4, 0.5) is 0 Å². The fourth-order valence-electron chi connectivity index (χ4n) is 1.70. The van der Waals surface area contributed by atoms with Crippen LogP contribution < -0.4 is 5.43 Å². The third-order valence-electron chi connectivity index (χ3n) is 2.65. The predicted octanol–water partition coefficient (Wildman–Crippen LogP) is 3.24. The van der Waals surface area contributed by atoms with Gasteiger partial charge in [0.1, 0.15) is 5.84 Å². The topological polar surface area (TPSA) is 36.8 Å². The number of halogens is 1. The molecule has 0 bridgehead atoms. The van der Waals surface area contributed by atoms with E-state index in [1.165, 1.54) is 19.3 Å². The number of nitrogens with zero attached hydrogens (tertiary/aromatic N) is 2. The Morgan fingerprint density at radius 1 is 1.18 bits per heavy atom. The molecule has 1 aromatic rings. The van der Waals surface area contributed by atoms with Gasteiger partial charge in [-0.15, -0.1) is 0 Å². The van der Waals surface area contributed by atoms with Gasteiger partial charge in [0.25, 0.3) is 0 Å².